The van der Waals surface area contributed by atoms with Gasteiger partial charge in [-0.05, 0) is 39.7 Å². The quantitative estimate of drug-likeness (QED) is 0.474. The molecular weight excluding hydrogens is 340 g/mol. The molecule has 2 rings (SSSR count). The van der Waals surface area contributed by atoms with Crippen LogP contribution in [-0.4, -0.2) is 74.0 Å². The van der Waals surface area contributed by atoms with Gasteiger partial charge in [-0.15, -0.1) is 0 Å². The van der Waals surface area contributed by atoms with Gasteiger partial charge in [-0.2, -0.15) is 0 Å². The summed E-state index contributed by atoms with van der Waals surface area (Å²) in [5.41, 5.74) is 3.07. The van der Waals surface area contributed by atoms with Gasteiger partial charge in [0.05, 0.1) is 25.4 Å². The number of aliphatic hydroxyl groups is 1. The van der Waals surface area contributed by atoms with E-state index in [2.05, 4.69) is 52.6 Å². The Kier molecular flexibility index (Phi) is 8.54. The van der Waals surface area contributed by atoms with Gasteiger partial charge in [0.15, 0.2) is 5.96 Å². The standard InChI is InChI=1S/C21H36N4O2/c1-5-22-20(23-7-6-19-13-17(2)12-18(3)14-19)24-15-21(4,26)16-25-8-10-27-11-9-25/h12-14,26H,5-11,15-16H2,1-4H3,(H2,22,23,24). The molecule has 1 aromatic carbocycles. The maximum atomic E-state index is 10.7. The van der Waals surface area contributed by atoms with Gasteiger partial charge < -0.3 is 20.5 Å². The van der Waals surface area contributed by atoms with Gasteiger partial charge in [0.2, 0.25) is 0 Å². The molecule has 0 aliphatic carbocycles. The number of morpholine rings is 1. The van der Waals surface area contributed by atoms with E-state index in [0.29, 0.717) is 13.1 Å². The number of nitrogens with zero attached hydrogens (tertiary/aromatic N) is 2. The number of aliphatic imine (C=N–C) groups is 1. The normalized spacial score (nSPS) is 18.2. The lowest BCUT2D eigenvalue weighted by Gasteiger charge is -2.33. The summed E-state index contributed by atoms with van der Waals surface area (Å²) in [7, 11) is 0. The van der Waals surface area contributed by atoms with Crippen molar-refractivity contribution in [3.05, 3.63) is 34.9 Å². The maximum absolute atomic E-state index is 10.7. The first kappa shape index (κ1) is 21.7. The van der Waals surface area contributed by atoms with Crippen molar-refractivity contribution in [1.82, 2.24) is 15.5 Å². The average molecular weight is 377 g/mol. The Balaban J connectivity index is 1.84. The van der Waals surface area contributed by atoms with Gasteiger partial charge in [-0.1, -0.05) is 29.3 Å². The second-order valence-corrected chi connectivity index (χ2v) is 7.75. The number of aryl methyl sites for hydroxylation is 2. The molecule has 1 aliphatic heterocycles. The minimum Gasteiger partial charge on any atom is -0.387 e. The molecule has 1 heterocycles. The number of rotatable bonds is 8. The van der Waals surface area contributed by atoms with Crippen molar-refractivity contribution in [1.29, 1.82) is 0 Å². The van der Waals surface area contributed by atoms with Crippen LogP contribution in [0.2, 0.25) is 0 Å². The van der Waals surface area contributed by atoms with Crippen LogP contribution in [0.4, 0.5) is 0 Å². The van der Waals surface area contributed by atoms with Crippen LogP contribution in [0.3, 0.4) is 0 Å². The monoisotopic (exact) mass is 376 g/mol. The molecule has 1 unspecified atom stereocenters. The van der Waals surface area contributed by atoms with E-state index in [1.165, 1.54) is 16.7 Å². The number of hydrogen-bond acceptors (Lipinski definition) is 4. The molecule has 1 fully saturated rings. The fourth-order valence-corrected chi connectivity index (χ4v) is 3.42. The second kappa shape index (κ2) is 10.6. The smallest absolute Gasteiger partial charge is 0.191 e. The van der Waals surface area contributed by atoms with E-state index in [0.717, 1.165) is 51.8 Å². The van der Waals surface area contributed by atoms with E-state index < -0.39 is 5.60 Å². The number of hydrogen-bond donors (Lipinski definition) is 3. The highest BCUT2D eigenvalue weighted by atomic mass is 16.5. The Labute approximate surface area is 164 Å². The fraction of sp³-hybridized carbons (Fsp3) is 0.667. The second-order valence-electron chi connectivity index (χ2n) is 7.75. The van der Waals surface area contributed by atoms with E-state index in [1.54, 1.807) is 0 Å². The van der Waals surface area contributed by atoms with Crippen LogP contribution in [0, 0.1) is 13.8 Å². The molecule has 1 saturated heterocycles. The van der Waals surface area contributed by atoms with Gasteiger partial charge in [0.1, 0.15) is 0 Å². The van der Waals surface area contributed by atoms with Crippen LogP contribution < -0.4 is 10.6 Å². The molecule has 27 heavy (non-hydrogen) atoms. The molecule has 1 aliphatic rings. The first-order valence-electron chi connectivity index (χ1n) is 10.00. The summed E-state index contributed by atoms with van der Waals surface area (Å²) in [4.78, 5) is 6.84. The minimum absolute atomic E-state index is 0.364. The lowest BCUT2D eigenvalue weighted by Crippen LogP contribution is -2.48. The zero-order valence-electron chi connectivity index (χ0n) is 17.3. The zero-order chi connectivity index (χ0) is 19.7. The summed E-state index contributed by atoms with van der Waals surface area (Å²) in [6.45, 7) is 14.0. The van der Waals surface area contributed by atoms with Crippen molar-refractivity contribution in [2.24, 2.45) is 4.99 Å². The van der Waals surface area contributed by atoms with Crippen LogP contribution in [0.25, 0.3) is 0 Å². The predicted octanol–water partition coefficient (Wildman–Crippen LogP) is 1.48. The highest BCUT2D eigenvalue weighted by Crippen LogP contribution is 2.10. The highest BCUT2D eigenvalue weighted by molar-refractivity contribution is 5.79. The summed E-state index contributed by atoms with van der Waals surface area (Å²) in [6.07, 6.45) is 0.942. The molecule has 0 bridgehead atoms. The molecule has 6 heteroatoms. The van der Waals surface area contributed by atoms with Gasteiger partial charge in [0.25, 0.3) is 0 Å². The Morgan fingerprint density at radius 3 is 2.48 bits per heavy atom. The Morgan fingerprint density at radius 2 is 1.85 bits per heavy atom. The molecule has 0 saturated carbocycles. The Morgan fingerprint density at radius 1 is 1.19 bits per heavy atom. The number of ether oxygens (including phenoxy) is 1. The maximum Gasteiger partial charge on any atom is 0.191 e. The molecule has 0 amide bonds. The van der Waals surface area contributed by atoms with Gasteiger partial charge in [-0.25, -0.2) is 0 Å². The summed E-state index contributed by atoms with van der Waals surface area (Å²) < 4.78 is 5.37. The van der Waals surface area contributed by atoms with Crippen molar-refractivity contribution in [2.45, 2.75) is 39.7 Å². The molecule has 6 nitrogen and oxygen atoms in total. The van der Waals surface area contributed by atoms with Gasteiger partial charge >= 0.3 is 0 Å². The molecule has 3 N–H and O–H groups in total. The molecular formula is C21H36N4O2. The summed E-state index contributed by atoms with van der Waals surface area (Å²) in [5, 5.41) is 17.3. The van der Waals surface area contributed by atoms with Crippen LogP contribution >= 0.6 is 0 Å². The first-order chi connectivity index (χ1) is 12.9. The molecule has 0 spiro atoms. The van der Waals surface area contributed by atoms with Crippen molar-refractivity contribution >= 4 is 5.96 Å². The van der Waals surface area contributed by atoms with E-state index in [-0.39, 0.29) is 0 Å². The van der Waals surface area contributed by atoms with Crippen molar-refractivity contribution < 1.29 is 9.84 Å². The number of β-amino-alcohol motifs (C(OH)–C–C–N with tert-alkyl or cyclic N) is 1. The van der Waals surface area contributed by atoms with Crippen LogP contribution in [0.15, 0.2) is 23.2 Å². The van der Waals surface area contributed by atoms with Crippen LogP contribution in [0.5, 0.6) is 0 Å². The minimum atomic E-state index is -0.854. The van der Waals surface area contributed by atoms with Gasteiger partial charge in [0, 0.05) is 32.7 Å². The largest absolute Gasteiger partial charge is 0.387 e. The zero-order valence-corrected chi connectivity index (χ0v) is 17.3. The van der Waals surface area contributed by atoms with Crippen LogP contribution in [-0.2, 0) is 11.2 Å². The van der Waals surface area contributed by atoms with E-state index in [1.807, 2.05) is 13.8 Å². The molecule has 0 aromatic heterocycles. The fourth-order valence-electron chi connectivity index (χ4n) is 3.42. The van der Waals surface area contributed by atoms with Crippen molar-refractivity contribution in [2.75, 3.05) is 52.5 Å². The molecule has 1 atom stereocenters. The summed E-state index contributed by atoms with van der Waals surface area (Å²) in [5.74, 6) is 0.754. The summed E-state index contributed by atoms with van der Waals surface area (Å²) >= 11 is 0. The average Bonchev–Trinajstić information content (AvgIpc) is 2.59. The number of nitrogens with one attached hydrogen (secondary N) is 2. The Hall–Kier alpha value is -1.63. The first-order valence-corrected chi connectivity index (χ1v) is 10.00. The van der Waals surface area contributed by atoms with Gasteiger partial charge in [-0.3, -0.25) is 9.89 Å². The number of guanidine groups is 1. The van der Waals surface area contributed by atoms with E-state index in [9.17, 15) is 5.11 Å². The van der Waals surface area contributed by atoms with Crippen molar-refractivity contribution in [3.63, 3.8) is 0 Å². The Bertz CT molecular complexity index is 590. The van der Waals surface area contributed by atoms with Crippen molar-refractivity contribution in [3.8, 4) is 0 Å². The molecule has 1 aromatic rings. The van der Waals surface area contributed by atoms with Crippen LogP contribution in [0.1, 0.15) is 30.5 Å². The predicted molar refractivity (Wildman–Crippen MR) is 111 cm³/mol. The third-order valence-electron chi connectivity index (χ3n) is 4.58. The van der Waals surface area contributed by atoms with E-state index >= 15 is 0 Å². The number of benzene rings is 1. The summed E-state index contributed by atoms with van der Waals surface area (Å²) in [6, 6.07) is 6.65. The van der Waals surface area contributed by atoms with E-state index in [4.69, 9.17) is 4.74 Å². The lowest BCUT2D eigenvalue weighted by atomic mass is 10.1. The third-order valence-corrected chi connectivity index (χ3v) is 4.58. The topological polar surface area (TPSA) is 69.1 Å². The SMILES string of the molecule is CCNC(=NCC(C)(O)CN1CCOCC1)NCCc1cc(C)cc(C)c1. The molecule has 0 radical (unpaired) electrons. The lowest BCUT2D eigenvalue weighted by molar-refractivity contribution is -0.0179. The molecule has 152 valence electrons. The third kappa shape index (κ3) is 8.28. The highest BCUT2D eigenvalue weighted by Gasteiger charge is 2.25.